The van der Waals surface area contributed by atoms with Crippen LogP contribution in [0.25, 0.3) is 93.8 Å². The van der Waals surface area contributed by atoms with Crippen molar-refractivity contribution in [1.29, 1.82) is 0 Å². The Balaban J connectivity index is 1.04. The standard InChI is InChI=1S/C53H37N3O/c1-53(2)44-29-50-42(27-40(44)41-28-43-39-22-12-14-24-51(39)57-52(43)30-45(41)53)38-21-11-13-23-47(38)56(50)48-26-25-35(36-19-9-10-20-37(36)48)32-55-49(34-17-7-4-8-18-34)31-46(54-55)33-15-5-3-6-16-33/h3-31H,32H2,1-2H3. The Kier molecular flexibility index (Phi) is 6.71. The number of nitrogens with zero attached hydrogens (tertiary/aromatic N) is 3. The lowest BCUT2D eigenvalue weighted by molar-refractivity contribution is 0.647. The van der Waals surface area contributed by atoms with E-state index in [9.17, 15) is 0 Å². The molecule has 8 aromatic carbocycles. The van der Waals surface area contributed by atoms with E-state index < -0.39 is 0 Å². The molecule has 0 unspecified atom stereocenters. The highest BCUT2D eigenvalue weighted by molar-refractivity contribution is 6.14. The summed E-state index contributed by atoms with van der Waals surface area (Å²) in [6.07, 6.45) is 0. The van der Waals surface area contributed by atoms with E-state index in [0.717, 1.165) is 39.1 Å². The van der Waals surface area contributed by atoms with Gasteiger partial charge in [0.1, 0.15) is 11.2 Å². The molecule has 0 fully saturated rings. The van der Waals surface area contributed by atoms with Crippen molar-refractivity contribution in [2.24, 2.45) is 0 Å². The first kappa shape index (κ1) is 32.1. The van der Waals surface area contributed by atoms with Crippen LogP contribution in [-0.2, 0) is 12.0 Å². The SMILES string of the molecule is CC1(C)c2cc3oc4ccccc4c3cc2-c2cc3c4ccccc4n(-c4ccc(Cn5nc(-c6ccccc6)cc5-c5ccccc5)c5ccccc45)c3cc21. The lowest BCUT2D eigenvalue weighted by Crippen LogP contribution is -2.15. The molecule has 1 aliphatic rings. The van der Waals surface area contributed by atoms with Gasteiger partial charge in [-0.15, -0.1) is 0 Å². The summed E-state index contributed by atoms with van der Waals surface area (Å²) in [4.78, 5) is 0. The van der Waals surface area contributed by atoms with Crippen LogP contribution in [0.2, 0.25) is 0 Å². The number of fused-ring (bicyclic) bond motifs is 10. The smallest absolute Gasteiger partial charge is 0.135 e. The van der Waals surface area contributed by atoms with Crippen molar-refractivity contribution >= 4 is 54.5 Å². The van der Waals surface area contributed by atoms with Crippen LogP contribution in [0.5, 0.6) is 0 Å². The second-order valence-electron chi connectivity index (χ2n) is 16.0. The fourth-order valence-corrected chi connectivity index (χ4v) is 9.64. The summed E-state index contributed by atoms with van der Waals surface area (Å²) in [6.45, 7) is 5.36. The van der Waals surface area contributed by atoms with Gasteiger partial charge in [0.15, 0.2) is 0 Å². The molecule has 1 aliphatic carbocycles. The molecule has 57 heavy (non-hydrogen) atoms. The number of hydrogen-bond donors (Lipinski definition) is 0. The Bertz CT molecular complexity index is 3400. The molecule has 12 rings (SSSR count). The van der Waals surface area contributed by atoms with Gasteiger partial charge < -0.3 is 8.98 Å². The number of hydrogen-bond acceptors (Lipinski definition) is 2. The molecule has 270 valence electrons. The first-order valence-electron chi connectivity index (χ1n) is 19.7. The minimum atomic E-state index is -0.210. The third-order valence-corrected chi connectivity index (χ3v) is 12.4. The monoisotopic (exact) mass is 731 g/mol. The highest BCUT2D eigenvalue weighted by atomic mass is 16.3. The van der Waals surface area contributed by atoms with Crippen molar-refractivity contribution < 1.29 is 4.42 Å². The first-order chi connectivity index (χ1) is 28.0. The molecular weight excluding hydrogens is 695 g/mol. The fourth-order valence-electron chi connectivity index (χ4n) is 9.64. The molecule has 4 heteroatoms. The number of rotatable bonds is 5. The quantitative estimate of drug-likeness (QED) is 0.177. The van der Waals surface area contributed by atoms with Crippen molar-refractivity contribution in [2.75, 3.05) is 0 Å². The van der Waals surface area contributed by atoms with Gasteiger partial charge in [-0.25, -0.2) is 0 Å². The van der Waals surface area contributed by atoms with E-state index in [2.05, 4.69) is 193 Å². The van der Waals surface area contributed by atoms with Crippen LogP contribution in [0, 0.1) is 0 Å². The summed E-state index contributed by atoms with van der Waals surface area (Å²) in [5.74, 6) is 0. The van der Waals surface area contributed by atoms with Crippen molar-refractivity contribution in [3.63, 3.8) is 0 Å². The number of para-hydroxylation sites is 2. The summed E-state index contributed by atoms with van der Waals surface area (Å²) < 4.78 is 11.1. The molecule has 0 saturated carbocycles. The predicted octanol–water partition coefficient (Wildman–Crippen LogP) is 13.7. The maximum absolute atomic E-state index is 6.40. The summed E-state index contributed by atoms with van der Waals surface area (Å²) >= 11 is 0. The van der Waals surface area contributed by atoms with Crippen molar-refractivity contribution in [3.05, 3.63) is 193 Å². The van der Waals surface area contributed by atoms with Crippen LogP contribution in [0.3, 0.4) is 0 Å². The normalized spacial score (nSPS) is 13.3. The largest absolute Gasteiger partial charge is 0.456 e. The average molecular weight is 732 g/mol. The Labute approximate surface area is 329 Å². The van der Waals surface area contributed by atoms with Crippen molar-refractivity contribution in [2.45, 2.75) is 25.8 Å². The first-order valence-corrected chi connectivity index (χ1v) is 19.7. The zero-order valence-corrected chi connectivity index (χ0v) is 31.7. The molecule has 0 spiro atoms. The van der Waals surface area contributed by atoms with Gasteiger partial charge in [-0.05, 0) is 87.3 Å². The van der Waals surface area contributed by atoms with Gasteiger partial charge in [0.05, 0.1) is 34.7 Å². The molecule has 0 N–H and O–H groups in total. The Morgan fingerprint density at radius 3 is 1.91 bits per heavy atom. The van der Waals surface area contributed by atoms with Gasteiger partial charge in [-0.1, -0.05) is 141 Å². The molecule has 0 bridgehead atoms. The molecule has 3 heterocycles. The number of benzene rings is 8. The second-order valence-corrected chi connectivity index (χ2v) is 16.0. The van der Waals surface area contributed by atoms with E-state index in [1.807, 2.05) is 6.07 Å². The molecule has 11 aromatic rings. The van der Waals surface area contributed by atoms with E-state index in [1.54, 1.807) is 0 Å². The zero-order chi connectivity index (χ0) is 37.8. The Hall–Kier alpha value is -7.17. The van der Waals surface area contributed by atoms with Crippen LogP contribution in [0.15, 0.2) is 180 Å². The minimum Gasteiger partial charge on any atom is -0.456 e. The highest BCUT2D eigenvalue weighted by Gasteiger charge is 2.37. The molecule has 0 amide bonds. The average Bonchev–Trinajstić information content (AvgIpc) is 3.99. The van der Waals surface area contributed by atoms with Crippen LogP contribution in [0.1, 0.15) is 30.5 Å². The summed E-state index contributed by atoms with van der Waals surface area (Å²) in [5, 5.41) is 12.5. The molecule has 3 aromatic heterocycles. The lowest BCUT2D eigenvalue weighted by Gasteiger charge is -2.22. The Morgan fingerprint density at radius 2 is 1.12 bits per heavy atom. The van der Waals surface area contributed by atoms with Gasteiger partial charge in [-0.3, -0.25) is 4.68 Å². The van der Waals surface area contributed by atoms with Crippen LogP contribution >= 0.6 is 0 Å². The summed E-state index contributed by atoms with van der Waals surface area (Å²) in [5.41, 5.74) is 16.1. The van der Waals surface area contributed by atoms with Crippen LogP contribution < -0.4 is 0 Å². The fraction of sp³-hybridized carbons (Fsp3) is 0.0755. The topological polar surface area (TPSA) is 35.9 Å². The van der Waals surface area contributed by atoms with Gasteiger partial charge in [-0.2, -0.15) is 5.10 Å². The third kappa shape index (κ3) is 4.71. The van der Waals surface area contributed by atoms with E-state index in [-0.39, 0.29) is 5.41 Å². The molecule has 0 radical (unpaired) electrons. The van der Waals surface area contributed by atoms with Gasteiger partial charge in [0.2, 0.25) is 0 Å². The van der Waals surface area contributed by atoms with E-state index in [0.29, 0.717) is 6.54 Å². The van der Waals surface area contributed by atoms with Crippen LogP contribution in [0.4, 0.5) is 0 Å². The van der Waals surface area contributed by atoms with E-state index >= 15 is 0 Å². The lowest BCUT2D eigenvalue weighted by atomic mass is 9.82. The van der Waals surface area contributed by atoms with E-state index in [1.165, 1.54) is 71.5 Å². The molecule has 0 aliphatic heterocycles. The van der Waals surface area contributed by atoms with Gasteiger partial charge in [0, 0.05) is 37.9 Å². The molecule has 4 nitrogen and oxygen atoms in total. The predicted molar refractivity (Wildman–Crippen MR) is 235 cm³/mol. The summed E-state index contributed by atoms with van der Waals surface area (Å²) in [6, 6.07) is 63.6. The van der Waals surface area contributed by atoms with Gasteiger partial charge in [0.25, 0.3) is 0 Å². The number of aromatic nitrogens is 3. The summed E-state index contributed by atoms with van der Waals surface area (Å²) in [7, 11) is 0. The maximum Gasteiger partial charge on any atom is 0.135 e. The second kappa shape index (κ2) is 11.9. The molecule has 0 saturated heterocycles. The van der Waals surface area contributed by atoms with Gasteiger partial charge >= 0.3 is 0 Å². The third-order valence-electron chi connectivity index (χ3n) is 12.4. The molecule has 0 atom stereocenters. The van der Waals surface area contributed by atoms with E-state index in [4.69, 9.17) is 9.52 Å². The highest BCUT2D eigenvalue weighted by Crippen LogP contribution is 2.53. The van der Waals surface area contributed by atoms with Crippen molar-refractivity contribution in [1.82, 2.24) is 14.3 Å². The number of furan rings is 1. The minimum absolute atomic E-state index is 0.210. The van der Waals surface area contributed by atoms with Crippen molar-refractivity contribution in [3.8, 4) is 39.3 Å². The van der Waals surface area contributed by atoms with Crippen LogP contribution in [-0.4, -0.2) is 14.3 Å². The zero-order valence-electron chi connectivity index (χ0n) is 31.7. The molecular formula is C53H37N3O. The maximum atomic E-state index is 6.40. The Morgan fingerprint density at radius 1 is 0.491 bits per heavy atom.